The smallest absolute Gasteiger partial charge is 0.191 e. The Morgan fingerprint density at radius 3 is 2.96 bits per heavy atom. The summed E-state index contributed by atoms with van der Waals surface area (Å²) in [7, 11) is 0. The molecule has 1 heterocycles. The number of guanidine groups is 1. The maximum absolute atomic E-state index is 11.0. The van der Waals surface area contributed by atoms with Gasteiger partial charge in [0, 0.05) is 17.6 Å². The summed E-state index contributed by atoms with van der Waals surface area (Å²) in [6.45, 7) is 5.85. The topological polar surface area (TPSA) is 69.5 Å². The van der Waals surface area contributed by atoms with E-state index in [0.29, 0.717) is 19.0 Å². The van der Waals surface area contributed by atoms with Crippen LogP contribution in [-0.2, 0) is 18.6 Å². The summed E-state index contributed by atoms with van der Waals surface area (Å²) in [5.74, 6) is 0.711. The molecule has 0 fully saturated rings. The molecule has 6 heteroatoms. The van der Waals surface area contributed by atoms with E-state index in [1.54, 1.807) is 11.3 Å². The number of fused-ring (bicyclic) bond motifs is 1. The molecule has 1 aliphatic carbocycles. The molecule has 0 saturated heterocycles. The second-order valence-corrected chi connectivity index (χ2v) is 7.42. The van der Waals surface area contributed by atoms with Crippen molar-refractivity contribution in [3.8, 4) is 0 Å². The van der Waals surface area contributed by atoms with Crippen molar-refractivity contribution < 1.29 is 5.11 Å². The van der Waals surface area contributed by atoms with Gasteiger partial charge in [0.15, 0.2) is 5.96 Å². The fraction of sp³-hybridized carbons (Fsp3) is 0.444. The van der Waals surface area contributed by atoms with Gasteiger partial charge in [-0.2, -0.15) is 0 Å². The van der Waals surface area contributed by atoms with Crippen LogP contribution in [0.5, 0.6) is 0 Å². The van der Waals surface area contributed by atoms with Crippen LogP contribution >= 0.6 is 11.3 Å². The highest BCUT2D eigenvalue weighted by molar-refractivity contribution is 7.11. The molecular formula is C18H24N4OS. The number of nitrogens with one attached hydrogen (secondary N) is 2. The van der Waals surface area contributed by atoms with E-state index < -0.39 is 5.60 Å². The largest absolute Gasteiger partial charge is 0.383 e. The predicted molar refractivity (Wildman–Crippen MR) is 98.3 cm³/mol. The second-order valence-electron chi connectivity index (χ2n) is 6.10. The van der Waals surface area contributed by atoms with E-state index in [2.05, 4.69) is 26.7 Å². The molecule has 0 bridgehead atoms. The first-order chi connectivity index (χ1) is 11.6. The number of nitrogens with zero attached hydrogens (tertiary/aromatic N) is 2. The van der Waals surface area contributed by atoms with Crippen molar-refractivity contribution in [2.75, 3.05) is 13.1 Å². The Morgan fingerprint density at radius 1 is 1.38 bits per heavy atom. The van der Waals surface area contributed by atoms with Gasteiger partial charge in [-0.3, -0.25) is 0 Å². The van der Waals surface area contributed by atoms with Crippen LogP contribution in [-0.4, -0.2) is 29.1 Å². The average Bonchev–Trinajstić information content (AvgIpc) is 3.15. The highest BCUT2D eigenvalue weighted by Gasteiger charge is 2.36. The van der Waals surface area contributed by atoms with Crippen molar-refractivity contribution in [1.82, 2.24) is 15.6 Å². The zero-order valence-corrected chi connectivity index (χ0v) is 15.0. The van der Waals surface area contributed by atoms with Gasteiger partial charge in [0.05, 0.1) is 13.1 Å². The van der Waals surface area contributed by atoms with E-state index in [-0.39, 0.29) is 0 Å². The highest BCUT2D eigenvalue weighted by atomic mass is 32.1. The standard InChI is InChI=1S/C18H24N4OS/c1-3-19-17(21-11-16-20-10-13(2)24-16)22-12-18(23)9-8-14-6-4-5-7-15(14)18/h4-7,10,23H,3,8-9,11-12H2,1-2H3,(H2,19,21,22). The third kappa shape index (κ3) is 3.76. The van der Waals surface area contributed by atoms with Crippen molar-refractivity contribution in [3.63, 3.8) is 0 Å². The molecule has 1 atom stereocenters. The minimum Gasteiger partial charge on any atom is -0.383 e. The molecule has 5 nitrogen and oxygen atoms in total. The van der Waals surface area contributed by atoms with Gasteiger partial charge in [-0.1, -0.05) is 24.3 Å². The van der Waals surface area contributed by atoms with Crippen LogP contribution < -0.4 is 10.6 Å². The first-order valence-corrected chi connectivity index (χ1v) is 9.16. The molecule has 128 valence electrons. The van der Waals surface area contributed by atoms with E-state index in [1.807, 2.05) is 38.2 Å². The Kier molecular flexibility index (Phi) is 5.16. The molecule has 2 aromatic rings. The summed E-state index contributed by atoms with van der Waals surface area (Å²) in [6.07, 6.45) is 3.53. The molecule has 1 aromatic carbocycles. The number of hydrogen-bond acceptors (Lipinski definition) is 4. The number of rotatable bonds is 5. The number of benzene rings is 1. The van der Waals surface area contributed by atoms with Crippen molar-refractivity contribution in [1.29, 1.82) is 0 Å². The number of hydrogen-bond donors (Lipinski definition) is 3. The van der Waals surface area contributed by atoms with Crippen LogP contribution in [0.15, 0.2) is 35.5 Å². The summed E-state index contributed by atoms with van der Waals surface area (Å²) in [6, 6.07) is 8.13. The first-order valence-electron chi connectivity index (χ1n) is 8.35. The van der Waals surface area contributed by atoms with E-state index in [0.717, 1.165) is 30.0 Å². The zero-order valence-electron chi connectivity index (χ0n) is 14.2. The number of aromatic nitrogens is 1. The Hall–Kier alpha value is -1.92. The fourth-order valence-corrected chi connectivity index (χ4v) is 3.76. The molecule has 0 spiro atoms. The number of thiazole rings is 1. The summed E-state index contributed by atoms with van der Waals surface area (Å²) < 4.78 is 0. The van der Waals surface area contributed by atoms with Crippen molar-refractivity contribution in [2.45, 2.75) is 38.8 Å². The molecule has 3 N–H and O–H groups in total. The SMILES string of the molecule is CCNC(=NCc1ncc(C)s1)NCC1(O)CCc2ccccc21. The maximum Gasteiger partial charge on any atom is 0.191 e. The van der Waals surface area contributed by atoms with Gasteiger partial charge in [0.1, 0.15) is 10.6 Å². The Morgan fingerprint density at radius 2 is 2.21 bits per heavy atom. The Labute approximate surface area is 146 Å². The minimum atomic E-state index is -0.829. The Bertz CT molecular complexity index is 727. The molecule has 24 heavy (non-hydrogen) atoms. The zero-order chi connectivity index (χ0) is 17.0. The molecule has 1 aliphatic rings. The third-order valence-electron chi connectivity index (χ3n) is 4.26. The summed E-state index contributed by atoms with van der Waals surface area (Å²) >= 11 is 1.66. The molecule has 0 amide bonds. The molecule has 1 aromatic heterocycles. The second kappa shape index (κ2) is 7.32. The van der Waals surface area contributed by atoms with Gasteiger partial charge in [0.2, 0.25) is 0 Å². The monoisotopic (exact) mass is 344 g/mol. The van der Waals surface area contributed by atoms with Crippen molar-refractivity contribution in [2.24, 2.45) is 4.99 Å². The fourth-order valence-electron chi connectivity index (χ4n) is 3.04. The van der Waals surface area contributed by atoms with E-state index in [9.17, 15) is 5.11 Å². The first kappa shape index (κ1) is 16.9. The quantitative estimate of drug-likeness (QED) is 0.575. The van der Waals surface area contributed by atoms with Crippen LogP contribution in [0.1, 0.15) is 34.4 Å². The number of aliphatic imine (C=N–C) groups is 1. The van der Waals surface area contributed by atoms with E-state index in [4.69, 9.17) is 0 Å². The number of aryl methyl sites for hydroxylation is 2. The Balaban J connectivity index is 1.66. The molecule has 3 rings (SSSR count). The maximum atomic E-state index is 11.0. The van der Waals surface area contributed by atoms with Gasteiger partial charge < -0.3 is 15.7 Å². The average molecular weight is 344 g/mol. The van der Waals surface area contributed by atoms with Gasteiger partial charge >= 0.3 is 0 Å². The number of aliphatic hydroxyl groups is 1. The summed E-state index contributed by atoms with van der Waals surface area (Å²) in [5, 5.41) is 18.5. The normalized spacial score (nSPS) is 20.0. The lowest BCUT2D eigenvalue weighted by Crippen LogP contribution is -2.45. The van der Waals surface area contributed by atoms with Gasteiger partial charge in [0.25, 0.3) is 0 Å². The van der Waals surface area contributed by atoms with Crippen molar-refractivity contribution >= 4 is 17.3 Å². The van der Waals surface area contributed by atoms with Gasteiger partial charge in [-0.05, 0) is 37.8 Å². The molecule has 0 saturated carbocycles. The van der Waals surface area contributed by atoms with Gasteiger partial charge in [-0.25, -0.2) is 9.98 Å². The molecular weight excluding hydrogens is 320 g/mol. The van der Waals surface area contributed by atoms with Crippen LogP contribution in [0.3, 0.4) is 0 Å². The summed E-state index contributed by atoms with van der Waals surface area (Å²) in [4.78, 5) is 10.1. The highest BCUT2D eigenvalue weighted by Crippen LogP contribution is 2.36. The van der Waals surface area contributed by atoms with Gasteiger partial charge in [-0.15, -0.1) is 11.3 Å². The van der Waals surface area contributed by atoms with Crippen LogP contribution in [0.25, 0.3) is 0 Å². The van der Waals surface area contributed by atoms with Crippen LogP contribution in [0, 0.1) is 6.92 Å². The van der Waals surface area contributed by atoms with E-state index >= 15 is 0 Å². The third-order valence-corrected chi connectivity index (χ3v) is 5.16. The van der Waals surface area contributed by atoms with Crippen LogP contribution in [0.2, 0.25) is 0 Å². The lowest BCUT2D eigenvalue weighted by atomic mass is 9.96. The van der Waals surface area contributed by atoms with E-state index in [1.165, 1.54) is 10.4 Å². The molecule has 0 aliphatic heterocycles. The minimum absolute atomic E-state index is 0.451. The summed E-state index contributed by atoms with van der Waals surface area (Å²) in [5.41, 5.74) is 1.44. The van der Waals surface area contributed by atoms with Crippen molar-refractivity contribution in [3.05, 3.63) is 51.5 Å². The molecule has 0 radical (unpaired) electrons. The van der Waals surface area contributed by atoms with Crippen LogP contribution in [0.4, 0.5) is 0 Å². The molecule has 1 unspecified atom stereocenters. The predicted octanol–water partition coefficient (Wildman–Crippen LogP) is 2.34. The lowest BCUT2D eigenvalue weighted by molar-refractivity contribution is 0.0432. The lowest BCUT2D eigenvalue weighted by Gasteiger charge is -2.25.